The molecule has 3 N–H and O–H groups in total. The first kappa shape index (κ1) is 18.0. The van der Waals surface area contributed by atoms with Crippen LogP contribution in [0.5, 0.6) is 0 Å². The maximum absolute atomic E-state index is 12.1. The lowest BCUT2D eigenvalue weighted by atomic mass is 10.3. The fourth-order valence-electron chi connectivity index (χ4n) is 1.77. The summed E-state index contributed by atoms with van der Waals surface area (Å²) in [7, 11) is 0. The van der Waals surface area contributed by atoms with Crippen molar-refractivity contribution in [1.82, 2.24) is 15.5 Å². The molecule has 0 radical (unpaired) electrons. The van der Waals surface area contributed by atoms with Crippen LogP contribution in [0.1, 0.15) is 25.3 Å². The van der Waals surface area contributed by atoms with Crippen LogP contribution in [0.2, 0.25) is 0 Å². The summed E-state index contributed by atoms with van der Waals surface area (Å²) < 4.78 is 0. The molecule has 1 aromatic heterocycles. The van der Waals surface area contributed by atoms with Crippen molar-refractivity contribution in [2.75, 3.05) is 19.6 Å². The van der Waals surface area contributed by atoms with E-state index in [0.717, 1.165) is 5.56 Å². The van der Waals surface area contributed by atoms with Crippen molar-refractivity contribution in [3.05, 3.63) is 22.4 Å². The number of hydrogen-bond acceptors (Lipinski definition) is 4. The van der Waals surface area contributed by atoms with Gasteiger partial charge in [0, 0.05) is 39.5 Å². The number of carboxylic acid groups (broad SMARTS) is 1. The van der Waals surface area contributed by atoms with E-state index in [1.165, 1.54) is 6.92 Å². The van der Waals surface area contributed by atoms with Crippen LogP contribution in [0.25, 0.3) is 0 Å². The van der Waals surface area contributed by atoms with Crippen molar-refractivity contribution >= 4 is 29.2 Å². The zero-order valence-corrected chi connectivity index (χ0v) is 13.3. The van der Waals surface area contributed by atoms with Crippen molar-refractivity contribution in [2.24, 2.45) is 0 Å². The lowest BCUT2D eigenvalue weighted by Crippen LogP contribution is -2.43. The topological polar surface area (TPSA) is 98.7 Å². The molecule has 3 amide bonds. The Kier molecular flexibility index (Phi) is 7.98. The minimum absolute atomic E-state index is 0.0245. The molecule has 0 spiro atoms. The van der Waals surface area contributed by atoms with E-state index in [0.29, 0.717) is 32.6 Å². The molecular weight excluding hydrogens is 306 g/mol. The zero-order chi connectivity index (χ0) is 16.4. The molecule has 7 nitrogen and oxygen atoms in total. The van der Waals surface area contributed by atoms with E-state index >= 15 is 0 Å². The van der Waals surface area contributed by atoms with E-state index in [-0.39, 0.29) is 18.4 Å². The van der Waals surface area contributed by atoms with Crippen LogP contribution < -0.4 is 10.6 Å². The molecule has 0 bridgehead atoms. The molecule has 1 aromatic rings. The van der Waals surface area contributed by atoms with Gasteiger partial charge in [0.15, 0.2) is 0 Å². The summed E-state index contributed by atoms with van der Waals surface area (Å²) in [5, 5.41) is 17.8. The molecule has 8 heteroatoms. The first-order chi connectivity index (χ1) is 10.5. The quantitative estimate of drug-likeness (QED) is 0.595. The third kappa shape index (κ3) is 7.63. The van der Waals surface area contributed by atoms with E-state index in [1.54, 1.807) is 16.2 Å². The molecule has 1 heterocycles. The molecule has 0 saturated carbocycles. The lowest BCUT2D eigenvalue weighted by molar-refractivity contribution is -0.137. The van der Waals surface area contributed by atoms with Crippen LogP contribution in [0, 0.1) is 0 Å². The first-order valence-electron chi connectivity index (χ1n) is 6.99. The number of thiophene rings is 1. The Hall–Kier alpha value is -2.09. The maximum atomic E-state index is 12.1. The minimum atomic E-state index is -0.880. The van der Waals surface area contributed by atoms with Gasteiger partial charge in [0.05, 0.1) is 0 Å². The lowest BCUT2D eigenvalue weighted by Gasteiger charge is -2.23. The van der Waals surface area contributed by atoms with Crippen LogP contribution >= 0.6 is 11.3 Å². The number of hydrogen-bond donors (Lipinski definition) is 3. The van der Waals surface area contributed by atoms with E-state index in [1.807, 2.05) is 16.8 Å². The number of carboxylic acids is 1. The van der Waals surface area contributed by atoms with Gasteiger partial charge < -0.3 is 20.6 Å². The molecule has 0 unspecified atom stereocenters. The van der Waals surface area contributed by atoms with Gasteiger partial charge in [0.2, 0.25) is 5.91 Å². The summed E-state index contributed by atoms with van der Waals surface area (Å²) in [6, 6.07) is 1.68. The molecule has 0 aliphatic carbocycles. The Morgan fingerprint density at radius 2 is 2.05 bits per heavy atom. The molecule has 0 fully saturated rings. The Morgan fingerprint density at radius 3 is 2.64 bits per heavy atom. The van der Waals surface area contributed by atoms with E-state index in [2.05, 4.69) is 10.6 Å². The summed E-state index contributed by atoms with van der Waals surface area (Å²) in [5.74, 6) is -1.02. The van der Waals surface area contributed by atoms with Crippen molar-refractivity contribution in [1.29, 1.82) is 0 Å². The molecule has 22 heavy (non-hydrogen) atoms. The zero-order valence-electron chi connectivity index (χ0n) is 12.5. The normalized spacial score (nSPS) is 10.0. The number of carbonyl (C=O) groups is 3. The third-order valence-corrected chi connectivity index (χ3v) is 3.57. The number of aliphatic carboxylic acids is 1. The molecule has 0 saturated heterocycles. The van der Waals surface area contributed by atoms with Gasteiger partial charge in [-0.1, -0.05) is 0 Å². The summed E-state index contributed by atoms with van der Waals surface area (Å²) in [5.41, 5.74) is 1.02. The van der Waals surface area contributed by atoms with Gasteiger partial charge in [-0.15, -0.1) is 0 Å². The highest BCUT2D eigenvalue weighted by Crippen LogP contribution is 2.09. The third-order valence-electron chi connectivity index (χ3n) is 2.84. The van der Waals surface area contributed by atoms with E-state index in [9.17, 15) is 14.4 Å². The highest BCUT2D eigenvalue weighted by atomic mass is 32.1. The fraction of sp³-hybridized carbons (Fsp3) is 0.500. The maximum Gasteiger partial charge on any atom is 0.317 e. The van der Waals surface area contributed by atoms with Crippen LogP contribution in [-0.4, -0.2) is 47.5 Å². The van der Waals surface area contributed by atoms with Crippen molar-refractivity contribution in [2.45, 2.75) is 26.3 Å². The molecule has 0 aliphatic rings. The van der Waals surface area contributed by atoms with Gasteiger partial charge in [0.25, 0.3) is 0 Å². The second-order valence-electron chi connectivity index (χ2n) is 4.77. The van der Waals surface area contributed by atoms with E-state index in [4.69, 9.17) is 5.11 Å². The van der Waals surface area contributed by atoms with Gasteiger partial charge >= 0.3 is 12.0 Å². The Morgan fingerprint density at radius 1 is 1.27 bits per heavy atom. The second kappa shape index (κ2) is 9.78. The average Bonchev–Trinajstić information content (AvgIpc) is 2.94. The Balaban J connectivity index is 2.45. The first-order valence-corrected chi connectivity index (χ1v) is 7.93. The summed E-state index contributed by atoms with van der Waals surface area (Å²) in [6.07, 6.45) is 0.412. The molecule has 1 rings (SSSR count). The predicted octanol–water partition coefficient (Wildman–Crippen LogP) is 1.26. The second-order valence-corrected chi connectivity index (χ2v) is 5.55. The summed E-state index contributed by atoms with van der Waals surface area (Å²) in [6.45, 7) is 2.96. The average molecular weight is 327 g/mol. The fourth-order valence-corrected chi connectivity index (χ4v) is 2.43. The molecule has 122 valence electrons. The van der Waals surface area contributed by atoms with Crippen LogP contribution in [-0.2, 0) is 16.1 Å². The van der Waals surface area contributed by atoms with Gasteiger partial charge in [0.1, 0.15) is 0 Å². The molecular formula is C14H21N3O4S. The SMILES string of the molecule is CC(=O)NCCN(Cc1ccsc1)C(=O)NCCCC(=O)O. The largest absolute Gasteiger partial charge is 0.481 e. The van der Waals surface area contributed by atoms with Gasteiger partial charge in [-0.2, -0.15) is 11.3 Å². The molecule has 0 atom stereocenters. The molecule has 0 aliphatic heterocycles. The number of nitrogens with zero attached hydrogens (tertiary/aromatic N) is 1. The van der Waals surface area contributed by atoms with Gasteiger partial charge in [-0.3, -0.25) is 9.59 Å². The number of nitrogens with one attached hydrogen (secondary N) is 2. The summed E-state index contributed by atoms with van der Waals surface area (Å²) >= 11 is 1.55. The Bertz CT molecular complexity index is 490. The highest BCUT2D eigenvalue weighted by Gasteiger charge is 2.14. The standard InChI is InChI=1S/C14H21N3O4S/c1-11(18)15-6-7-17(9-12-4-8-22-10-12)14(21)16-5-2-3-13(19)20/h4,8,10H,2-3,5-7,9H2,1H3,(H,15,18)(H,16,21)(H,19,20). The number of rotatable bonds is 9. The van der Waals surface area contributed by atoms with Gasteiger partial charge in [-0.25, -0.2) is 4.79 Å². The van der Waals surface area contributed by atoms with Gasteiger partial charge in [-0.05, 0) is 28.8 Å². The monoisotopic (exact) mass is 327 g/mol. The van der Waals surface area contributed by atoms with Crippen molar-refractivity contribution in [3.8, 4) is 0 Å². The Labute approximate surface area is 133 Å². The smallest absolute Gasteiger partial charge is 0.317 e. The van der Waals surface area contributed by atoms with Crippen molar-refractivity contribution < 1.29 is 19.5 Å². The van der Waals surface area contributed by atoms with Crippen LogP contribution in [0.15, 0.2) is 16.8 Å². The minimum Gasteiger partial charge on any atom is -0.481 e. The highest BCUT2D eigenvalue weighted by molar-refractivity contribution is 7.07. The van der Waals surface area contributed by atoms with Crippen molar-refractivity contribution in [3.63, 3.8) is 0 Å². The predicted molar refractivity (Wildman–Crippen MR) is 83.7 cm³/mol. The van der Waals surface area contributed by atoms with Crippen LogP contribution in [0.3, 0.4) is 0 Å². The van der Waals surface area contributed by atoms with Crippen LogP contribution in [0.4, 0.5) is 4.79 Å². The molecule has 0 aromatic carbocycles. The number of carbonyl (C=O) groups excluding carboxylic acids is 2. The number of urea groups is 1. The summed E-state index contributed by atoms with van der Waals surface area (Å²) in [4.78, 5) is 35.1. The van der Waals surface area contributed by atoms with E-state index < -0.39 is 5.97 Å². The number of amides is 3.